The number of anilines is 1. The molecule has 3 aliphatic rings. The maximum absolute atomic E-state index is 14.9. The average Bonchev–Trinajstić information content (AvgIpc) is 2.76. The smallest absolute Gasteiger partial charge is 0.255 e. The van der Waals surface area contributed by atoms with Gasteiger partial charge >= 0.3 is 0 Å². The van der Waals surface area contributed by atoms with Crippen LogP contribution in [0.25, 0.3) is 5.76 Å². The van der Waals surface area contributed by atoms with Crippen molar-refractivity contribution in [2.24, 2.45) is 17.6 Å². The second kappa shape index (κ2) is 8.67. The number of phenolic OH excluding ortho intramolecular Hbond substituents is 1. The van der Waals surface area contributed by atoms with E-state index >= 15 is 0 Å². The fourth-order valence-electron chi connectivity index (χ4n) is 5.29. The first kappa shape index (κ1) is 26.3. The Balaban J connectivity index is 1.78. The van der Waals surface area contributed by atoms with Gasteiger partial charge in [-0.05, 0) is 51.2 Å². The third-order valence-electron chi connectivity index (χ3n) is 7.05. The van der Waals surface area contributed by atoms with Crippen LogP contribution >= 0.6 is 0 Å². The van der Waals surface area contributed by atoms with Crippen molar-refractivity contribution in [3.8, 4) is 5.75 Å². The van der Waals surface area contributed by atoms with Crippen molar-refractivity contribution in [3.63, 3.8) is 0 Å². The average molecular weight is 518 g/mol. The highest BCUT2D eigenvalue weighted by Crippen LogP contribution is 2.52. The molecule has 1 aromatic carbocycles. The van der Waals surface area contributed by atoms with E-state index in [0.29, 0.717) is 0 Å². The first-order valence-electron chi connectivity index (χ1n) is 11.6. The number of hydrogen-bond donors (Lipinski definition) is 7. The molecule has 3 aliphatic carbocycles. The molecule has 12 heteroatoms. The number of Topliss-reactive ketones (excluding diaryl/α,β-unsaturated/α-hetero) is 2. The Bertz CT molecular complexity index is 1330. The van der Waals surface area contributed by atoms with E-state index in [0.717, 1.165) is 6.07 Å². The number of aromatic hydroxyl groups is 1. The van der Waals surface area contributed by atoms with Gasteiger partial charge in [0.1, 0.15) is 22.8 Å². The van der Waals surface area contributed by atoms with Crippen LogP contribution in [-0.2, 0) is 25.6 Å². The molecule has 0 aliphatic heterocycles. The molecular formula is C25H28FN3O8. The molecule has 0 spiro atoms. The number of rotatable bonds is 4. The highest BCUT2D eigenvalue weighted by molar-refractivity contribution is 6.22. The summed E-state index contributed by atoms with van der Waals surface area (Å²) in [6, 6.07) is 1.02. The standard InChI is InChI=1S/C25H28FN3O8/c1-24(2,3)28-8-14(31)29-18-12(26)6-10-4-9-5-11-7-13(30)17(23(27)36)22(35)25(11,37)21(34)16(9)19(32)15(10)20(18)33/h6,9,11,28,32-33,35,37H,4-5,7-8H2,1-3H3,(H2,27,36)(H,29,31)/t9?,11-,25-/m0/s1. The van der Waals surface area contributed by atoms with Crippen LogP contribution in [0.1, 0.15) is 44.7 Å². The number of amides is 2. The van der Waals surface area contributed by atoms with Crippen LogP contribution in [0.2, 0.25) is 0 Å². The SMILES string of the molecule is CC(C)(C)NCC(=O)Nc1c(F)cc2c(c1O)C(O)=C1C(=O)[C@]3(O)C(O)=C(C(N)=O)C(=O)C[C@@H]3CC1C2. The van der Waals surface area contributed by atoms with Gasteiger partial charge in [-0.1, -0.05) is 0 Å². The van der Waals surface area contributed by atoms with Crippen molar-refractivity contribution in [2.75, 3.05) is 11.9 Å². The molecule has 0 bridgehead atoms. The highest BCUT2D eigenvalue weighted by Gasteiger charge is 2.60. The predicted molar refractivity (Wildman–Crippen MR) is 128 cm³/mol. The molecule has 37 heavy (non-hydrogen) atoms. The van der Waals surface area contributed by atoms with Gasteiger partial charge in [-0.25, -0.2) is 4.39 Å². The fraction of sp³-hybridized carbons (Fsp3) is 0.440. The highest BCUT2D eigenvalue weighted by atomic mass is 19.1. The molecule has 0 heterocycles. The van der Waals surface area contributed by atoms with Gasteiger partial charge in [0.2, 0.25) is 11.7 Å². The van der Waals surface area contributed by atoms with Crippen molar-refractivity contribution < 1.29 is 44.0 Å². The lowest BCUT2D eigenvalue weighted by Gasteiger charge is -2.46. The summed E-state index contributed by atoms with van der Waals surface area (Å²) in [5.41, 5.74) is 0.0372. The Morgan fingerprint density at radius 2 is 1.84 bits per heavy atom. The Labute approximate surface area is 210 Å². The molecule has 1 saturated carbocycles. The van der Waals surface area contributed by atoms with Gasteiger partial charge in [-0.2, -0.15) is 0 Å². The van der Waals surface area contributed by atoms with Crippen molar-refractivity contribution in [2.45, 2.75) is 51.2 Å². The van der Waals surface area contributed by atoms with E-state index in [1.165, 1.54) is 0 Å². The number of nitrogens with two attached hydrogens (primary N) is 1. The van der Waals surface area contributed by atoms with Crippen LogP contribution in [0.4, 0.5) is 10.1 Å². The monoisotopic (exact) mass is 517 g/mol. The summed E-state index contributed by atoms with van der Waals surface area (Å²) >= 11 is 0. The van der Waals surface area contributed by atoms with E-state index in [2.05, 4.69) is 10.6 Å². The molecule has 0 radical (unpaired) electrons. The van der Waals surface area contributed by atoms with Gasteiger partial charge in [0.15, 0.2) is 23.0 Å². The van der Waals surface area contributed by atoms with Crippen molar-refractivity contribution in [1.82, 2.24) is 5.32 Å². The first-order valence-corrected chi connectivity index (χ1v) is 11.6. The van der Waals surface area contributed by atoms with Gasteiger partial charge in [-0.15, -0.1) is 0 Å². The Morgan fingerprint density at radius 1 is 1.19 bits per heavy atom. The summed E-state index contributed by atoms with van der Waals surface area (Å²) in [4.78, 5) is 49.9. The lowest BCUT2D eigenvalue weighted by molar-refractivity contribution is -0.147. The lowest BCUT2D eigenvalue weighted by Crippen LogP contribution is -2.58. The number of aliphatic hydroxyl groups excluding tert-OH is 2. The number of phenols is 1. The molecule has 198 valence electrons. The number of fused-ring (bicyclic) bond motifs is 3. The zero-order valence-corrected chi connectivity index (χ0v) is 20.4. The fourth-order valence-corrected chi connectivity index (χ4v) is 5.29. The number of primary amides is 1. The van der Waals surface area contributed by atoms with Crippen LogP contribution in [0.5, 0.6) is 5.75 Å². The molecule has 3 atom stereocenters. The third-order valence-corrected chi connectivity index (χ3v) is 7.05. The topological polar surface area (TPSA) is 199 Å². The van der Waals surface area contributed by atoms with Gasteiger partial charge in [-0.3, -0.25) is 19.2 Å². The Morgan fingerprint density at radius 3 is 2.43 bits per heavy atom. The second-order valence-corrected chi connectivity index (χ2v) is 10.7. The van der Waals surface area contributed by atoms with Crippen LogP contribution < -0.4 is 16.4 Å². The number of carbonyl (C=O) groups is 4. The maximum Gasteiger partial charge on any atom is 0.255 e. The van der Waals surface area contributed by atoms with Gasteiger partial charge in [0.25, 0.3) is 5.91 Å². The molecule has 1 fully saturated rings. The molecule has 2 amide bonds. The minimum atomic E-state index is -2.69. The van der Waals surface area contributed by atoms with E-state index in [-0.39, 0.29) is 36.1 Å². The molecule has 0 aromatic heterocycles. The van der Waals surface area contributed by atoms with E-state index in [1.807, 2.05) is 20.8 Å². The Kier molecular flexibility index (Phi) is 6.16. The summed E-state index contributed by atoms with van der Waals surface area (Å²) in [7, 11) is 0. The first-order chi connectivity index (χ1) is 17.1. The zero-order chi connectivity index (χ0) is 27.6. The number of benzene rings is 1. The summed E-state index contributed by atoms with van der Waals surface area (Å²) in [6.07, 6.45) is -0.559. The number of nitrogens with one attached hydrogen (secondary N) is 2. The van der Waals surface area contributed by atoms with Crippen molar-refractivity contribution in [1.29, 1.82) is 0 Å². The van der Waals surface area contributed by atoms with Crippen LogP contribution in [0.15, 0.2) is 23.0 Å². The quantitative estimate of drug-likeness (QED) is 0.224. The summed E-state index contributed by atoms with van der Waals surface area (Å²) in [5.74, 6) is -9.61. The number of ketones is 2. The number of carbonyl (C=O) groups excluding carboxylic acids is 4. The van der Waals surface area contributed by atoms with Crippen molar-refractivity contribution >= 4 is 34.8 Å². The minimum absolute atomic E-state index is 0.0430. The van der Waals surface area contributed by atoms with Gasteiger partial charge in [0, 0.05) is 23.5 Å². The molecule has 1 aromatic rings. The van der Waals surface area contributed by atoms with E-state index in [1.54, 1.807) is 0 Å². The predicted octanol–water partition coefficient (Wildman–Crippen LogP) is 0.890. The molecule has 8 N–H and O–H groups in total. The van der Waals surface area contributed by atoms with E-state index in [9.17, 15) is 44.0 Å². The maximum atomic E-state index is 14.9. The molecule has 11 nitrogen and oxygen atoms in total. The summed E-state index contributed by atoms with van der Waals surface area (Å²) in [6.45, 7) is 5.26. The van der Waals surface area contributed by atoms with Crippen molar-refractivity contribution in [3.05, 3.63) is 39.9 Å². The largest absolute Gasteiger partial charge is 0.508 e. The van der Waals surface area contributed by atoms with E-state index in [4.69, 9.17) is 5.73 Å². The van der Waals surface area contributed by atoms with Crippen LogP contribution in [0, 0.1) is 17.7 Å². The number of halogens is 1. The molecule has 4 rings (SSSR count). The van der Waals surface area contributed by atoms with Gasteiger partial charge < -0.3 is 36.8 Å². The summed E-state index contributed by atoms with van der Waals surface area (Å²) < 4.78 is 14.9. The third kappa shape index (κ3) is 4.15. The molecular weight excluding hydrogens is 489 g/mol. The van der Waals surface area contributed by atoms with Crippen LogP contribution in [0.3, 0.4) is 0 Å². The minimum Gasteiger partial charge on any atom is -0.508 e. The van der Waals surface area contributed by atoms with E-state index < -0.39 is 87.1 Å². The lowest BCUT2D eigenvalue weighted by atomic mass is 9.59. The number of hydrogen-bond acceptors (Lipinski definition) is 9. The molecule has 0 saturated heterocycles. The normalized spacial score (nSPS) is 25.4. The van der Waals surface area contributed by atoms with Gasteiger partial charge in [0.05, 0.1) is 12.1 Å². The second-order valence-electron chi connectivity index (χ2n) is 10.7. The summed E-state index contributed by atoms with van der Waals surface area (Å²) in [5, 5.41) is 48.9. The number of aliphatic hydroxyl groups is 3. The zero-order valence-electron chi connectivity index (χ0n) is 20.4. The molecule has 1 unspecified atom stereocenters. The van der Waals surface area contributed by atoms with Crippen LogP contribution in [-0.4, -0.2) is 61.5 Å². The Hall–Kier alpha value is -3.77.